The van der Waals surface area contributed by atoms with Crippen molar-refractivity contribution in [2.75, 3.05) is 5.43 Å². The number of aromatic nitrogens is 2. The molecule has 1 N–H and O–H groups in total. The van der Waals surface area contributed by atoms with Crippen LogP contribution in [0.25, 0.3) is 10.2 Å². The fraction of sp³-hybridized carbons (Fsp3) is 0.316. The summed E-state index contributed by atoms with van der Waals surface area (Å²) in [6, 6.07) is 8.58. The molecule has 0 saturated carbocycles. The summed E-state index contributed by atoms with van der Waals surface area (Å²) in [6.45, 7) is 0. The summed E-state index contributed by atoms with van der Waals surface area (Å²) in [5.74, 6) is 0.856. The van der Waals surface area contributed by atoms with Crippen molar-refractivity contribution in [3.05, 3.63) is 52.2 Å². The molecular weight excluding hydrogens is 316 g/mol. The summed E-state index contributed by atoms with van der Waals surface area (Å²) >= 11 is 1.81. The minimum absolute atomic E-state index is 0.856. The number of nitrogens with zero attached hydrogens (tertiary/aromatic N) is 3. The van der Waals surface area contributed by atoms with Crippen molar-refractivity contribution >= 4 is 33.1 Å². The van der Waals surface area contributed by atoms with Crippen LogP contribution in [0.1, 0.15) is 40.8 Å². The number of thiophene rings is 1. The third-order valence-electron chi connectivity index (χ3n) is 4.99. The molecule has 5 rings (SSSR count). The molecule has 120 valence electrons. The highest BCUT2D eigenvalue weighted by Gasteiger charge is 2.21. The van der Waals surface area contributed by atoms with Crippen LogP contribution in [0.5, 0.6) is 0 Å². The first kappa shape index (κ1) is 14.1. The third kappa shape index (κ3) is 2.23. The maximum absolute atomic E-state index is 4.73. The number of nitrogens with one attached hydrogen (secondary N) is 1. The first-order valence-corrected chi connectivity index (χ1v) is 9.38. The molecule has 24 heavy (non-hydrogen) atoms. The van der Waals surface area contributed by atoms with Gasteiger partial charge in [-0.1, -0.05) is 24.3 Å². The molecule has 0 radical (unpaired) electrons. The molecule has 0 unspecified atom stereocenters. The summed E-state index contributed by atoms with van der Waals surface area (Å²) < 4.78 is 0. The number of hydrogen-bond acceptors (Lipinski definition) is 5. The number of hydrogen-bond donors (Lipinski definition) is 1. The SMILES string of the molecule is c1ccc2c(c1)CCCC2=NNc1ncnc2sc3c(c12)CCC3. The Bertz CT molecular complexity index is 957. The van der Waals surface area contributed by atoms with E-state index in [1.807, 2.05) is 11.3 Å². The first-order valence-electron chi connectivity index (χ1n) is 8.56. The largest absolute Gasteiger partial charge is 0.260 e. The van der Waals surface area contributed by atoms with Gasteiger partial charge in [0.25, 0.3) is 0 Å². The van der Waals surface area contributed by atoms with Crippen molar-refractivity contribution < 1.29 is 0 Å². The second kappa shape index (κ2) is 5.67. The Morgan fingerprint density at radius 1 is 1.00 bits per heavy atom. The van der Waals surface area contributed by atoms with E-state index in [-0.39, 0.29) is 0 Å². The Hall–Kier alpha value is -2.27. The van der Waals surface area contributed by atoms with Crippen molar-refractivity contribution in [2.24, 2.45) is 5.10 Å². The van der Waals surface area contributed by atoms with E-state index < -0.39 is 0 Å². The van der Waals surface area contributed by atoms with E-state index in [4.69, 9.17) is 5.10 Å². The van der Waals surface area contributed by atoms with Gasteiger partial charge in [-0.15, -0.1) is 11.3 Å². The van der Waals surface area contributed by atoms with Gasteiger partial charge in [0.2, 0.25) is 0 Å². The number of rotatable bonds is 2. The van der Waals surface area contributed by atoms with Crippen molar-refractivity contribution in [1.29, 1.82) is 0 Å². The fourth-order valence-electron chi connectivity index (χ4n) is 3.85. The summed E-state index contributed by atoms with van der Waals surface area (Å²) in [5.41, 5.74) is 8.50. The van der Waals surface area contributed by atoms with Gasteiger partial charge in [0.15, 0.2) is 5.82 Å². The second-order valence-corrected chi connectivity index (χ2v) is 7.52. The molecule has 0 amide bonds. The van der Waals surface area contributed by atoms with E-state index in [9.17, 15) is 0 Å². The minimum Gasteiger partial charge on any atom is -0.260 e. The van der Waals surface area contributed by atoms with Crippen molar-refractivity contribution in [2.45, 2.75) is 38.5 Å². The number of fused-ring (bicyclic) bond motifs is 4. The van der Waals surface area contributed by atoms with Crippen LogP contribution in [-0.4, -0.2) is 15.7 Å². The van der Waals surface area contributed by atoms with Crippen LogP contribution in [0.15, 0.2) is 35.7 Å². The Balaban J connectivity index is 1.55. The molecule has 2 heterocycles. The molecule has 1 aromatic carbocycles. The van der Waals surface area contributed by atoms with Crippen LogP contribution >= 0.6 is 11.3 Å². The van der Waals surface area contributed by atoms with Crippen LogP contribution in [0.4, 0.5) is 5.82 Å². The summed E-state index contributed by atoms with van der Waals surface area (Å²) in [5, 5.41) is 5.91. The molecule has 4 nitrogen and oxygen atoms in total. The standard InChI is InChI=1S/C19H18N4S/c1-2-7-13-12(5-1)6-3-9-15(13)22-23-18-17-14-8-4-10-16(14)24-19(17)21-11-20-18/h1-2,5,7,11H,3-4,6,8-10H2,(H,20,21,23). The number of aryl methyl sites for hydroxylation is 3. The topological polar surface area (TPSA) is 50.2 Å². The maximum atomic E-state index is 4.73. The second-order valence-electron chi connectivity index (χ2n) is 6.44. The van der Waals surface area contributed by atoms with E-state index in [1.54, 1.807) is 6.33 Å². The van der Waals surface area contributed by atoms with E-state index in [0.29, 0.717) is 0 Å². The molecule has 5 heteroatoms. The molecule has 0 aliphatic heterocycles. The first-order chi connectivity index (χ1) is 11.9. The summed E-state index contributed by atoms with van der Waals surface area (Å²) in [4.78, 5) is 11.5. The molecule has 2 aliphatic carbocycles. The predicted molar refractivity (Wildman–Crippen MR) is 99.0 cm³/mol. The Labute approximate surface area is 144 Å². The average Bonchev–Trinajstić information content (AvgIpc) is 3.21. The van der Waals surface area contributed by atoms with E-state index in [0.717, 1.165) is 42.0 Å². The van der Waals surface area contributed by atoms with E-state index >= 15 is 0 Å². The quantitative estimate of drug-likeness (QED) is 0.710. The van der Waals surface area contributed by atoms with Crippen LogP contribution in [0.3, 0.4) is 0 Å². The number of benzene rings is 1. The van der Waals surface area contributed by atoms with E-state index in [1.165, 1.54) is 39.8 Å². The van der Waals surface area contributed by atoms with Crippen molar-refractivity contribution in [3.63, 3.8) is 0 Å². The zero-order chi connectivity index (χ0) is 15.9. The Morgan fingerprint density at radius 3 is 2.92 bits per heavy atom. The zero-order valence-electron chi connectivity index (χ0n) is 13.4. The lowest BCUT2D eigenvalue weighted by Gasteiger charge is -2.17. The van der Waals surface area contributed by atoms with Gasteiger partial charge in [-0.3, -0.25) is 5.43 Å². The number of hydrazone groups is 1. The van der Waals surface area contributed by atoms with Gasteiger partial charge in [-0.05, 0) is 49.7 Å². The monoisotopic (exact) mass is 334 g/mol. The average molecular weight is 334 g/mol. The molecule has 0 bridgehead atoms. The van der Waals surface area contributed by atoms with Gasteiger partial charge < -0.3 is 0 Å². The highest BCUT2D eigenvalue weighted by molar-refractivity contribution is 7.19. The summed E-state index contributed by atoms with van der Waals surface area (Å²) in [7, 11) is 0. The lowest BCUT2D eigenvalue weighted by molar-refractivity contribution is 0.837. The van der Waals surface area contributed by atoms with E-state index in [2.05, 4.69) is 39.7 Å². The van der Waals surface area contributed by atoms with Gasteiger partial charge in [0.05, 0.1) is 11.1 Å². The minimum atomic E-state index is 0.856. The van der Waals surface area contributed by atoms with Crippen LogP contribution in [0.2, 0.25) is 0 Å². The van der Waals surface area contributed by atoms with Crippen LogP contribution in [-0.2, 0) is 19.3 Å². The number of anilines is 1. The van der Waals surface area contributed by atoms with Crippen LogP contribution < -0.4 is 5.43 Å². The van der Waals surface area contributed by atoms with Gasteiger partial charge >= 0.3 is 0 Å². The Kier molecular flexibility index (Phi) is 3.33. The normalized spacial score (nSPS) is 17.9. The van der Waals surface area contributed by atoms with Gasteiger partial charge in [-0.2, -0.15) is 5.10 Å². The van der Waals surface area contributed by atoms with Gasteiger partial charge in [0.1, 0.15) is 11.2 Å². The zero-order valence-corrected chi connectivity index (χ0v) is 14.2. The third-order valence-corrected chi connectivity index (χ3v) is 6.19. The predicted octanol–water partition coefficient (Wildman–Crippen LogP) is 4.33. The van der Waals surface area contributed by atoms with Crippen molar-refractivity contribution in [1.82, 2.24) is 9.97 Å². The molecule has 2 aliphatic rings. The molecule has 0 fully saturated rings. The molecule has 0 saturated heterocycles. The van der Waals surface area contributed by atoms with Crippen LogP contribution in [0, 0.1) is 0 Å². The smallest absolute Gasteiger partial charge is 0.158 e. The molecule has 0 atom stereocenters. The highest BCUT2D eigenvalue weighted by Crippen LogP contribution is 2.39. The van der Waals surface area contributed by atoms with Gasteiger partial charge in [-0.25, -0.2) is 9.97 Å². The molecule has 3 aromatic rings. The summed E-state index contributed by atoms with van der Waals surface area (Å²) in [6.07, 6.45) is 8.52. The molecule has 0 spiro atoms. The molecular formula is C19H18N4S. The fourth-order valence-corrected chi connectivity index (χ4v) is 5.08. The lowest BCUT2D eigenvalue weighted by Crippen LogP contribution is -2.13. The lowest BCUT2D eigenvalue weighted by atomic mass is 9.90. The maximum Gasteiger partial charge on any atom is 0.158 e. The highest BCUT2D eigenvalue weighted by atomic mass is 32.1. The van der Waals surface area contributed by atoms with Crippen molar-refractivity contribution in [3.8, 4) is 0 Å². The van der Waals surface area contributed by atoms with Gasteiger partial charge in [0, 0.05) is 10.4 Å². The Morgan fingerprint density at radius 2 is 1.92 bits per heavy atom. The molecule has 2 aromatic heterocycles.